The summed E-state index contributed by atoms with van der Waals surface area (Å²) in [6, 6.07) is 26.3. The van der Waals surface area contributed by atoms with Crippen molar-refractivity contribution in [2.75, 3.05) is 23.4 Å². The van der Waals surface area contributed by atoms with Crippen LogP contribution in [0.3, 0.4) is 0 Å². The predicted molar refractivity (Wildman–Crippen MR) is 177 cm³/mol. The maximum absolute atomic E-state index is 16.2. The van der Waals surface area contributed by atoms with Gasteiger partial charge >= 0.3 is 0 Å². The largest absolute Gasteiger partial charge is 0.395 e. The molecule has 1 fully saturated rings. The van der Waals surface area contributed by atoms with E-state index in [9.17, 15) is 19.5 Å². The summed E-state index contributed by atoms with van der Waals surface area (Å²) in [7, 11) is -3.50. The molecule has 236 valence electrons. The molecule has 3 aliphatic heterocycles. The number of aliphatic hydroxyl groups is 1. The smallest absolute Gasteiger partial charge is 0.263 e. The Morgan fingerprint density at radius 3 is 2.50 bits per heavy atom. The number of halogens is 1. The average Bonchev–Trinajstić information content (AvgIpc) is 3.60. The lowest BCUT2D eigenvalue weighted by Gasteiger charge is -2.31. The van der Waals surface area contributed by atoms with Crippen molar-refractivity contribution < 1.29 is 28.3 Å². The van der Waals surface area contributed by atoms with Gasteiger partial charge in [0.2, 0.25) is 14.3 Å². The maximum atomic E-state index is 16.2. The first kappa shape index (κ1) is 30.3. The van der Waals surface area contributed by atoms with Gasteiger partial charge in [-0.3, -0.25) is 19.3 Å². The van der Waals surface area contributed by atoms with Crippen LogP contribution in [0.15, 0.2) is 84.9 Å². The summed E-state index contributed by atoms with van der Waals surface area (Å²) in [4.78, 5) is 44.6. The number of amides is 3. The number of fused-ring (bicyclic) bond motifs is 2. The summed E-state index contributed by atoms with van der Waals surface area (Å²) in [6.45, 7) is 5.21. The molecular weight excluding hydrogens is 601 g/mol. The highest BCUT2D eigenvalue weighted by atomic mass is 28.4. The third kappa shape index (κ3) is 4.66. The summed E-state index contributed by atoms with van der Waals surface area (Å²) in [6.07, 6.45) is -0.994. The van der Waals surface area contributed by atoms with Gasteiger partial charge < -0.3 is 24.2 Å². The van der Waals surface area contributed by atoms with E-state index in [4.69, 9.17) is 4.74 Å². The van der Waals surface area contributed by atoms with Crippen LogP contribution in [0.1, 0.15) is 34.8 Å². The summed E-state index contributed by atoms with van der Waals surface area (Å²) in [5.74, 6) is -1.44. The van der Waals surface area contributed by atoms with Crippen molar-refractivity contribution >= 4 is 54.0 Å². The van der Waals surface area contributed by atoms with Gasteiger partial charge in [-0.05, 0) is 54.4 Å². The maximum Gasteiger partial charge on any atom is 0.263 e. The Bertz CT molecular complexity index is 1870. The third-order valence-electron chi connectivity index (χ3n) is 9.83. The minimum absolute atomic E-state index is 0.119. The number of rotatable bonds is 8. The molecule has 2 N–H and O–H groups in total. The molecule has 3 amide bonds. The molecule has 8 nitrogen and oxygen atoms in total. The van der Waals surface area contributed by atoms with Crippen molar-refractivity contribution in [1.29, 1.82) is 0 Å². The quantitative estimate of drug-likeness (QED) is 0.175. The molecule has 4 aromatic carbocycles. The lowest BCUT2D eigenvalue weighted by atomic mass is 9.82. The number of carbonyl (C=O) groups is 3. The molecule has 0 aromatic heterocycles. The van der Waals surface area contributed by atoms with E-state index < -0.39 is 37.5 Å². The van der Waals surface area contributed by atoms with Crippen molar-refractivity contribution in [2.24, 2.45) is 5.92 Å². The van der Waals surface area contributed by atoms with Gasteiger partial charge in [0.1, 0.15) is 0 Å². The van der Waals surface area contributed by atoms with Crippen LogP contribution in [0.2, 0.25) is 18.6 Å². The lowest BCUT2D eigenvalue weighted by molar-refractivity contribution is -0.148. The van der Waals surface area contributed by atoms with Crippen LogP contribution in [0.4, 0.5) is 21.2 Å². The van der Waals surface area contributed by atoms with E-state index in [-0.39, 0.29) is 31.4 Å². The van der Waals surface area contributed by atoms with E-state index in [1.807, 2.05) is 73.7 Å². The first-order valence-electron chi connectivity index (χ1n) is 15.7. The van der Waals surface area contributed by atoms with E-state index in [1.165, 1.54) is 0 Å². The summed E-state index contributed by atoms with van der Waals surface area (Å²) in [5.41, 5.74) is 1.70. The van der Waals surface area contributed by atoms with E-state index in [1.54, 1.807) is 41.1 Å². The molecule has 0 radical (unpaired) electrons. The first-order chi connectivity index (χ1) is 22.0. The van der Waals surface area contributed by atoms with Crippen LogP contribution in [0.5, 0.6) is 0 Å². The Balaban J connectivity index is 1.25. The lowest BCUT2D eigenvalue weighted by Crippen LogP contribution is -2.42. The Morgan fingerprint density at radius 2 is 1.78 bits per heavy atom. The van der Waals surface area contributed by atoms with Gasteiger partial charge in [-0.2, -0.15) is 0 Å². The number of benzene rings is 4. The van der Waals surface area contributed by atoms with Gasteiger partial charge in [-0.1, -0.05) is 61.5 Å². The molecule has 0 saturated carbocycles. The van der Waals surface area contributed by atoms with Crippen molar-refractivity contribution in [2.45, 2.75) is 50.2 Å². The Hall–Kier alpha value is -4.38. The fourth-order valence-electron chi connectivity index (χ4n) is 7.88. The second-order valence-corrected chi connectivity index (χ2v) is 16.8. The minimum atomic E-state index is -3.50. The standard InChI is InChI=1S/C36H36FN3O5Si/c1-22-33(46(2,3)37)30(20-31(42)39(17-18-41)21-23-9-5-4-6-10-23)45-36(22)27-19-25(15-16-28(27)38-35(36)44)40-29-14-8-12-24-11-7-13-26(32(24)29)34(40)43/h4-16,19,22,30,33,41H,17-18,20-21H2,1-3H3,(H,38,44)/t22-,30+,33-,36+/m0/s1. The number of ether oxygens (including phenoxy) is 1. The number of hydrogen-bond acceptors (Lipinski definition) is 5. The van der Waals surface area contributed by atoms with Crippen molar-refractivity contribution in [1.82, 2.24) is 4.90 Å². The number of nitrogens with zero attached hydrogens (tertiary/aromatic N) is 2. The molecule has 1 saturated heterocycles. The highest BCUT2D eigenvalue weighted by Crippen LogP contribution is 2.59. The molecular formula is C36H36FN3O5Si. The molecule has 0 aliphatic carbocycles. The van der Waals surface area contributed by atoms with Crippen LogP contribution in [0, 0.1) is 5.92 Å². The third-order valence-corrected chi connectivity index (χ3v) is 12.3. The van der Waals surface area contributed by atoms with Gasteiger partial charge in [0.05, 0.1) is 30.4 Å². The molecule has 10 heteroatoms. The molecule has 46 heavy (non-hydrogen) atoms. The molecule has 1 spiro atoms. The van der Waals surface area contributed by atoms with Crippen LogP contribution in [-0.2, 0) is 26.5 Å². The Kier molecular flexibility index (Phi) is 7.34. The fraction of sp³-hybridized carbons (Fsp3) is 0.306. The molecule has 4 aromatic rings. The zero-order valence-corrected chi connectivity index (χ0v) is 27.0. The summed E-state index contributed by atoms with van der Waals surface area (Å²) in [5, 5.41) is 14.5. The van der Waals surface area contributed by atoms with E-state index in [2.05, 4.69) is 5.32 Å². The zero-order valence-electron chi connectivity index (χ0n) is 26.0. The van der Waals surface area contributed by atoms with Crippen molar-refractivity contribution in [3.05, 3.63) is 102 Å². The zero-order chi connectivity index (χ0) is 32.4. The Morgan fingerprint density at radius 1 is 1.04 bits per heavy atom. The van der Waals surface area contributed by atoms with E-state index in [0.29, 0.717) is 29.0 Å². The molecule has 3 heterocycles. The number of hydrogen-bond donors (Lipinski definition) is 2. The topological polar surface area (TPSA) is 99.2 Å². The number of carbonyl (C=O) groups excluding carboxylic acids is 3. The van der Waals surface area contributed by atoms with Gasteiger partial charge in [0, 0.05) is 46.9 Å². The number of anilines is 3. The predicted octanol–water partition coefficient (Wildman–Crippen LogP) is 6.27. The van der Waals surface area contributed by atoms with Crippen LogP contribution in [-0.4, -0.2) is 55.4 Å². The second-order valence-electron chi connectivity index (χ2n) is 13.0. The first-order valence-corrected chi connectivity index (χ1v) is 18.6. The minimum Gasteiger partial charge on any atom is -0.395 e. The average molecular weight is 638 g/mol. The normalized spacial score (nSPS) is 23.3. The fourth-order valence-corrected chi connectivity index (χ4v) is 10.4. The molecule has 4 atom stereocenters. The summed E-state index contributed by atoms with van der Waals surface area (Å²) < 4.78 is 22.9. The van der Waals surface area contributed by atoms with Crippen LogP contribution in [0.25, 0.3) is 10.8 Å². The SMILES string of the molecule is C[C@H]1[C@H]([Si](C)(C)F)[C@@H](CC(=O)N(CCO)Cc2ccccc2)O[C@]12C(=O)Nc1ccc(N3C(=O)c4cccc5cccc3c45)cc12. The van der Waals surface area contributed by atoms with E-state index in [0.717, 1.165) is 22.0 Å². The molecule has 3 aliphatic rings. The van der Waals surface area contributed by atoms with Gasteiger partial charge in [-0.25, -0.2) is 0 Å². The van der Waals surface area contributed by atoms with Crippen LogP contribution < -0.4 is 10.2 Å². The van der Waals surface area contributed by atoms with Gasteiger partial charge in [0.25, 0.3) is 11.8 Å². The van der Waals surface area contributed by atoms with Crippen LogP contribution >= 0.6 is 0 Å². The highest BCUT2D eigenvalue weighted by molar-refractivity contribution is 6.72. The van der Waals surface area contributed by atoms with Gasteiger partial charge in [0.15, 0.2) is 5.60 Å². The second kappa shape index (κ2) is 11.1. The molecule has 0 bridgehead atoms. The van der Waals surface area contributed by atoms with Gasteiger partial charge in [-0.15, -0.1) is 0 Å². The summed E-state index contributed by atoms with van der Waals surface area (Å²) >= 11 is 0. The molecule has 0 unspecified atom stereocenters. The number of aliphatic hydroxyl groups excluding tert-OH is 1. The number of nitrogens with one attached hydrogen (secondary N) is 1. The van der Waals surface area contributed by atoms with Crippen molar-refractivity contribution in [3.63, 3.8) is 0 Å². The van der Waals surface area contributed by atoms with Crippen molar-refractivity contribution in [3.8, 4) is 0 Å². The highest BCUT2D eigenvalue weighted by Gasteiger charge is 2.65. The Labute approximate surface area is 268 Å². The molecule has 7 rings (SSSR count). The monoisotopic (exact) mass is 637 g/mol. The van der Waals surface area contributed by atoms with E-state index >= 15 is 4.11 Å².